The molecular weight excluding hydrogens is 308 g/mol. The number of carbonyl (C=O) groups excluding carboxylic acids is 1. The van der Waals surface area contributed by atoms with Gasteiger partial charge in [-0.25, -0.2) is 0 Å². The van der Waals surface area contributed by atoms with Crippen LogP contribution in [0.5, 0.6) is 0 Å². The van der Waals surface area contributed by atoms with Crippen LogP contribution in [-0.2, 0) is 0 Å². The molecule has 2 aliphatic rings. The summed E-state index contributed by atoms with van der Waals surface area (Å²) in [5.41, 5.74) is 8.21. The van der Waals surface area contributed by atoms with Crippen molar-refractivity contribution in [1.29, 1.82) is 0 Å². The monoisotopic (exact) mass is 336 g/mol. The minimum atomic E-state index is 0. The molecule has 0 aromatic heterocycles. The molecule has 2 aliphatic carbocycles. The summed E-state index contributed by atoms with van der Waals surface area (Å²) >= 11 is 0. The molecule has 128 valence electrons. The summed E-state index contributed by atoms with van der Waals surface area (Å²) in [5, 5.41) is 3.31. The second-order valence-electron chi connectivity index (χ2n) is 7.46. The van der Waals surface area contributed by atoms with Crippen molar-refractivity contribution in [3.05, 3.63) is 35.4 Å². The summed E-state index contributed by atoms with van der Waals surface area (Å²) in [6.45, 7) is 4.34. The van der Waals surface area contributed by atoms with E-state index in [9.17, 15) is 4.79 Å². The zero-order chi connectivity index (χ0) is 15.7. The number of fused-ring (bicyclic) bond motifs is 2. The van der Waals surface area contributed by atoms with Crippen LogP contribution in [0.3, 0.4) is 0 Å². The Labute approximate surface area is 145 Å². The number of hydrogen-bond acceptors (Lipinski definition) is 2. The van der Waals surface area contributed by atoms with Gasteiger partial charge < -0.3 is 11.1 Å². The van der Waals surface area contributed by atoms with Gasteiger partial charge in [0.15, 0.2) is 0 Å². The average molecular weight is 337 g/mol. The highest BCUT2D eigenvalue weighted by atomic mass is 35.5. The SMILES string of the molecule is CC(C)c1ccc(C(=O)NC2C3CCCC2CC(N)C3)cc1.Cl. The van der Waals surface area contributed by atoms with Crippen molar-refractivity contribution in [3.8, 4) is 0 Å². The third kappa shape index (κ3) is 4.07. The van der Waals surface area contributed by atoms with Crippen molar-refractivity contribution in [2.75, 3.05) is 0 Å². The van der Waals surface area contributed by atoms with Crippen LogP contribution in [-0.4, -0.2) is 18.0 Å². The zero-order valence-corrected chi connectivity index (χ0v) is 14.9. The summed E-state index contributed by atoms with van der Waals surface area (Å²) in [6.07, 6.45) is 5.84. The van der Waals surface area contributed by atoms with Crippen LogP contribution in [0.25, 0.3) is 0 Å². The Kier molecular flexibility index (Phi) is 6.10. The number of amides is 1. The van der Waals surface area contributed by atoms with Crippen molar-refractivity contribution < 1.29 is 4.79 Å². The molecule has 0 aliphatic heterocycles. The number of rotatable bonds is 3. The van der Waals surface area contributed by atoms with E-state index in [-0.39, 0.29) is 18.3 Å². The summed E-state index contributed by atoms with van der Waals surface area (Å²) in [6, 6.07) is 8.69. The molecule has 2 unspecified atom stereocenters. The lowest BCUT2D eigenvalue weighted by atomic mass is 9.67. The molecule has 2 atom stereocenters. The van der Waals surface area contributed by atoms with Crippen molar-refractivity contribution in [2.24, 2.45) is 17.6 Å². The highest BCUT2D eigenvalue weighted by Gasteiger charge is 2.39. The van der Waals surface area contributed by atoms with Gasteiger partial charge in [0.2, 0.25) is 0 Å². The van der Waals surface area contributed by atoms with Crippen LogP contribution in [0.2, 0.25) is 0 Å². The smallest absolute Gasteiger partial charge is 0.251 e. The molecule has 1 amide bonds. The molecule has 3 N–H and O–H groups in total. The fourth-order valence-corrected chi connectivity index (χ4v) is 4.28. The van der Waals surface area contributed by atoms with Gasteiger partial charge in [0.05, 0.1) is 0 Å². The number of nitrogens with two attached hydrogens (primary N) is 1. The lowest BCUT2D eigenvalue weighted by Gasteiger charge is -2.45. The van der Waals surface area contributed by atoms with Gasteiger partial charge >= 0.3 is 0 Å². The average Bonchev–Trinajstić information content (AvgIpc) is 2.48. The predicted molar refractivity (Wildman–Crippen MR) is 97.1 cm³/mol. The molecule has 2 bridgehead atoms. The molecule has 3 nitrogen and oxygen atoms in total. The molecule has 2 fully saturated rings. The van der Waals surface area contributed by atoms with Crippen molar-refractivity contribution in [3.63, 3.8) is 0 Å². The number of halogens is 1. The third-order valence-corrected chi connectivity index (χ3v) is 5.51. The van der Waals surface area contributed by atoms with E-state index in [0.717, 1.165) is 18.4 Å². The second-order valence-corrected chi connectivity index (χ2v) is 7.46. The van der Waals surface area contributed by atoms with E-state index < -0.39 is 0 Å². The summed E-state index contributed by atoms with van der Waals surface area (Å²) in [4.78, 5) is 12.6. The van der Waals surface area contributed by atoms with E-state index in [4.69, 9.17) is 5.73 Å². The van der Waals surface area contributed by atoms with Crippen LogP contribution in [0.15, 0.2) is 24.3 Å². The van der Waals surface area contributed by atoms with E-state index in [1.807, 2.05) is 12.1 Å². The lowest BCUT2D eigenvalue weighted by molar-refractivity contribution is 0.0756. The number of benzene rings is 1. The molecule has 0 radical (unpaired) electrons. The number of carbonyl (C=O) groups is 1. The van der Waals surface area contributed by atoms with Crippen LogP contribution >= 0.6 is 12.4 Å². The standard InChI is InChI=1S/C19H28N2O.ClH/c1-12(2)13-6-8-14(9-7-13)19(22)21-18-15-4-3-5-16(18)11-17(20)10-15;/h6-9,12,15-18H,3-5,10-11,20H2,1-2H3,(H,21,22);1H. The molecule has 23 heavy (non-hydrogen) atoms. The van der Waals surface area contributed by atoms with E-state index >= 15 is 0 Å². The normalized spacial score (nSPS) is 29.7. The summed E-state index contributed by atoms with van der Waals surface area (Å²) < 4.78 is 0. The highest BCUT2D eigenvalue weighted by Crippen LogP contribution is 2.39. The van der Waals surface area contributed by atoms with Gasteiger partial charge in [-0.05, 0) is 61.1 Å². The van der Waals surface area contributed by atoms with Crippen LogP contribution in [0.1, 0.15) is 67.8 Å². The number of hydrogen-bond donors (Lipinski definition) is 2. The minimum absolute atomic E-state index is 0. The Hall–Kier alpha value is -1.06. The molecule has 0 spiro atoms. The van der Waals surface area contributed by atoms with Crippen LogP contribution in [0, 0.1) is 11.8 Å². The van der Waals surface area contributed by atoms with Gasteiger partial charge in [0.1, 0.15) is 0 Å². The van der Waals surface area contributed by atoms with Gasteiger partial charge in [0.25, 0.3) is 5.91 Å². The maximum atomic E-state index is 12.6. The second kappa shape index (κ2) is 7.67. The van der Waals surface area contributed by atoms with Crippen LogP contribution < -0.4 is 11.1 Å². The molecule has 0 heterocycles. The van der Waals surface area contributed by atoms with E-state index in [1.165, 1.54) is 24.8 Å². The third-order valence-electron chi connectivity index (χ3n) is 5.51. The first kappa shape index (κ1) is 18.3. The van der Waals surface area contributed by atoms with Crippen molar-refractivity contribution >= 4 is 18.3 Å². The first-order valence-electron chi connectivity index (χ1n) is 8.71. The zero-order valence-electron chi connectivity index (χ0n) is 14.1. The van der Waals surface area contributed by atoms with Crippen LogP contribution in [0.4, 0.5) is 0 Å². The topological polar surface area (TPSA) is 55.1 Å². The maximum absolute atomic E-state index is 12.6. The Bertz CT molecular complexity index is 515. The Balaban J connectivity index is 0.00000192. The van der Waals surface area contributed by atoms with E-state index in [2.05, 4.69) is 31.3 Å². The Morgan fingerprint density at radius 1 is 1.13 bits per heavy atom. The minimum Gasteiger partial charge on any atom is -0.349 e. The van der Waals surface area contributed by atoms with E-state index in [1.54, 1.807) is 0 Å². The van der Waals surface area contributed by atoms with Gasteiger partial charge in [-0.15, -0.1) is 12.4 Å². The van der Waals surface area contributed by atoms with Gasteiger partial charge in [-0.3, -0.25) is 4.79 Å². The van der Waals surface area contributed by atoms with Crippen molar-refractivity contribution in [2.45, 2.75) is 64.0 Å². The maximum Gasteiger partial charge on any atom is 0.251 e. The Morgan fingerprint density at radius 2 is 1.70 bits per heavy atom. The fourth-order valence-electron chi connectivity index (χ4n) is 4.28. The first-order chi connectivity index (χ1) is 10.5. The fraction of sp³-hybridized carbons (Fsp3) is 0.632. The molecule has 1 aromatic rings. The molecule has 3 rings (SSSR count). The highest BCUT2D eigenvalue weighted by molar-refractivity contribution is 5.94. The van der Waals surface area contributed by atoms with Gasteiger partial charge in [-0.1, -0.05) is 32.4 Å². The van der Waals surface area contributed by atoms with Gasteiger partial charge in [0, 0.05) is 17.6 Å². The van der Waals surface area contributed by atoms with E-state index in [0.29, 0.717) is 29.8 Å². The molecule has 4 heteroatoms. The molecular formula is C19H29ClN2O. The predicted octanol–water partition coefficient (Wildman–Crippen LogP) is 3.87. The molecule has 2 saturated carbocycles. The quantitative estimate of drug-likeness (QED) is 0.880. The van der Waals surface area contributed by atoms with Crippen molar-refractivity contribution in [1.82, 2.24) is 5.32 Å². The molecule has 0 saturated heterocycles. The first-order valence-corrected chi connectivity index (χ1v) is 8.71. The Morgan fingerprint density at radius 3 is 2.22 bits per heavy atom. The largest absolute Gasteiger partial charge is 0.349 e. The summed E-state index contributed by atoms with van der Waals surface area (Å²) in [5.74, 6) is 1.71. The number of nitrogens with one attached hydrogen (secondary N) is 1. The van der Waals surface area contributed by atoms with Gasteiger partial charge in [-0.2, -0.15) is 0 Å². The summed E-state index contributed by atoms with van der Waals surface area (Å²) in [7, 11) is 0. The lowest BCUT2D eigenvalue weighted by Crippen LogP contribution is -2.53. The molecule has 1 aromatic carbocycles.